The van der Waals surface area contributed by atoms with Crippen molar-refractivity contribution >= 4 is 17.0 Å². The maximum Gasteiger partial charge on any atom is 0.305 e. The molecule has 1 aromatic heterocycles. The Kier molecular flexibility index (Phi) is 4.05. The van der Waals surface area contributed by atoms with Crippen molar-refractivity contribution in [3.63, 3.8) is 0 Å². The van der Waals surface area contributed by atoms with E-state index < -0.39 is 27.8 Å². The molecule has 106 valence electrons. The van der Waals surface area contributed by atoms with Gasteiger partial charge < -0.3 is 5.73 Å². The monoisotopic (exact) mass is 299 g/mol. The molecule has 0 atom stereocenters. The molecule has 0 spiro atoms. The third-order valence-corrected chi connectivity index (χ3v) is 3.98. The highest BCUT2D eigenvalue weighted by Gasteiger charge is 2.25. The van der Waals surface area contributed by atoms with Gasteiger partial charge in [-0.1, -0.05) is 0 Å². The highest BCUT2D eigenvalue weighted by molar-refractivity contribution is 7.15. The summed E-state index contributed by atoms with van der Waals surface area (Å²) in [6.45, 7) is 2.10. The van der Waals surface area contributed by atoms with Crippen LogP contribution in [0.15, 0.2) is 12.1 Å². The molecule has 0 saturated carbocycles. The molecule has 0 radical (unpaired) electrons. The van der Waals surface area contributed by atoms with Gasteiger partial charge in [0.1, 0.15) is 10.8 Å². The van der Waals surface area contributed by atoms with Gasteiger partial charge in [-0.15, -0.1) is 11.3 Å². The van der Waals surface area contributed by atoms with Gasteiger partial charge in [0.15, 0.2) is 0 Å². The van der Waals surface area contributed by atoms with Crippen molar-refractivity contribution in [2.45, 2.75) is 13.3 Å². The first-order chi connectivity index (χ1) is 9.45. The maximum atomic E-state index is 14.1. The summed E-state index contributed by atoms with van der Waals surface area (Å²) in [6.07, 6.45) is 0.543. The quantitative estimate of drug-likeness (QED) is 0.695. The standard InChI is InChI=1S/C12H11F2N3O2S/c1-6-9(4-5-15)20-12(16-6)10-7(13)2-3-8(11(10)14)17(18)19/h2-3H,4-5,15H2,1H3. The minimum Gasteiger partial charge on any atom is -0.330 e. The topological polar surface area (TPSA) is 82.0 Å². The smallest absolute Gasteiger partial charge is 0.305 e. The van der Waals surface area contributed by atoms with Gasteiger partial charge >= 0.3 is 5.69 Å². The summed E-state index contributed by atoms with van der Waals surface area (Å²) in [7, 11) is 0. The van der Waals surface area contributed by atoms with Crippen LogP contribution in [0.5, 0.6) is 0 Å². The molecule has 0 aliphatic rings. The van der Waals surface area contributed by atoms with Crippen molar-refractivity contribution in [2.24, 2.45) is 5.73 Å². The van der Waals surface area contributed by atoms with Crippen LogP contribution in [0.2, 0.25) is 0 Å². The lowest BCUT2D eigenvalue weighted by Gasteiger charge is -2.01. The highest BCUT2D eigenvalue weighted by atomic mass is 32.1. The molecule has 8 heteroatoms. The average Bonchev–Trinajstić information content (AvgIpc) is 2.71. The first kappa shape index (κ1) is 14.5. The predicted octanol–water partition coefficient (Wildman–Crippen LogP) is 2.81. The molecule has 0 saturated heterocycles. The van der Waals surface area contributed by atoms with Gasteiger partial charge in [-0.05, 0) is 26.0 Å². The number of halogens is 2. The van der Waals surface area contributed by atoms with Crippen LogP contribution in [0.3, 0.4) is 0 Å². The molecule has 2 N–H and O–H groups in total. The summed E-state index contributed by atoms with van der Waals surface area (Å²) >= 11 is 1.09. The molecule has 0 fully saturated rings. The van der Waals surface area contributed by atoms with E-state index in [-0.39, 0.29) is 5.01 Å². The van der Waals surface area contributed by atoms with Gasteiger partial charge in [0.25, 0.3) is 0 Å². The number of nitro benzene ring substituents is 1. The summed E-state index contributed by atoms with van der Waals surface area (Å²) < 4.78 is 27.8. The van der Waals surface area contributed by atoms with Crippen LogP contribution in [-0.4, -0.2) is 16.5 Å². The average molecular weight is 299 g/mol. The molecule has 0 aliphatic carbocycles. The number of nitro groups is 1. The van der Waals surface area contributed by atoms with Crippen molar-refractivity contribution in [3.8, 4) is 10.6 Å². The van der Waals surface area contributed by atoms with Gasteiger partial charge in [0.2, 0.25) is 5.82 Å². The largest absolute Gasteiger partial charge is 0.330 e. The second kappa shape index (κ2) is 5.59. The van der Waals surface area contributed by atoms with E-state index in [4.69, 9.17) is 5.73 Å². The van der Waals surface area contributed by atoms with Gasteiger partial charge in [0.05, 0.1) is 16.2 Å². The van der Waals surface area contributed by atoms with Crippen LogP contribution in [0, 0.1) is 28.7 Å². The third-order valence-electron chi connectivity index (χ3n) is 2.75. The zero-order valence-electron chi connectivity index (χ0n) is 10.5. The molecule has 20 heavy (non-hydrogen) atoms. The molecule has 5 nitrogen and oxygen atoms in total. The summed E-state index contributed by atoms with van der Waals surface area (Å²) in [4.78, 5) is 14.7. The lowest BCUT2D eigenvalue weighted by molar-refractivity contribution is -0.387. The molecule has 0 aliphatic heterocycles. The zero-order chi connectivity index (χ0) is 14.9. The summed E-state index contributed by atoms with van der Waals surface area (Å²) in [5.74, 6) is -2.08. The molecule has 1 heterocycles. The second-order valence-electron chi connectivity index (χ2n) is 4.08. The molecule has 2 aromatic rings. The van der Waals surface area contributed by atoms with Gasteiger partial charge in [-0.2, -0.15) is 4.39 Å². The lowest BCUT2D eigenvalue weighted by atomic mass is 10.2. The Morgan fingerprint density at radius 1 is 1.45 bits per heavy atom. The van der Waals surface area contributed by atoms with Crippen LogP contribution >= 0.6 is 11.3 Å². The van der Waals surface area contributed by atoms with E-state index in [0.717, 1.165) is 28.3 Å². The Hall–Kier alpha value is -1.93. The number of aromatic nitrogens is 1. The van der Waals surface area contributed by atoms with E-state index in [1.165, 1.54) is 0 Å². The van der Waals surface area contributed by atoms with Crippen LogP contribution in [0.25, 0.3) is 10.6 Å². The summed E-state index contributed by atoms with van der Waals surface area (Å²) in [5, 5.41) is 10.8. The molecular formula is C12H11F2N3O2S. The highest BCUT2D eigenvalue weighted by Crippen LogP contribution is 2.35. The molecular weight excluding hydrogens is 288 g/mol. The molecule has 0 amide bonds. The lowest BCUT2D eigenvalue weighted by Crippen LogP contribution is -2.01. The molecule has 2 rings (SSSR count). The normalized spacial score (nSPS) is 10.8. The maximum absolute atomic E-state index is 14.1. The Balaban J connectivity index is 2.60. The van der Waals surface area contributed by atoms with Crippen LogP contribution in [0.4, 0.5) is 14.5 Å². The Bertz CT molecular complexity index is 673. The second-order valence-corrected chi connectivity index (χ2v) is 5.16. The number of nitrogens with zero attached hydrogens (tertiary/aromatic N) is 2. The van der Waals surface area contributed by atoms with Crippen molar-refractivity contribution in [2.75, 3.05) is 6.54 Å². The Morgan fingerprint density at radius 3 is 2.75 bits per heavy atom. The van der Waals surface area contributed by atoms with E-state index in [2.05, 4.69) is 4.98 Å². The molecule has 1 aromatic carbocycles. The fraction of sp³-hybridized carbons (Fsp3) is 0.250. The minimum absolute atomic E-state index is 0.0876. The van der Waals surface area contributed by atoms with Crippen molar-refractivity contribution in [1.82, 2.24) is 4.98 Å². The minimum atomic E-state index is -1.21. The van der Waals surface area contributed by atoms with Gasteiger partial charge in [-0.3, -0.25) is 10.1 Å². The van der Waals surface area contributed by atoms with Crippen LogP contribution in [0.1, 0.15) is 10.6 Å². The predicted molar refractivity (Wildman–Crippen MR) is 71.6 cm³/mol. The molecule has 0 unspecified atom stereocenters. The molecule has 0 bridgehead atoms. The number of hydrogen-bond donors (Lipinski definition) is 1. The SMILES string of the molecule is Cc1nc(-c2c(F)ccc([N+](=O)[O-])c2F)sc1CCN. The number of thiazole rings is 1. The fourth-order valence-corrected chi connectivity index (χ4v) is 2.89. The Labute approximate surface area is 117 Å². The number of nitrogens with two attached hydrogens (primary N) is 1. The number of aryl methyl sites for hydroxylation is 1. The van der Waals surface area contributed by atoms with Crippen LogP contribution < -0.4 is 5.73 Å². The summed E-state index contributed by atoms with van der Waals surface area (Å²) in [5.41, 5.74) is 4.84. The number of rotatable bonds is 4. The van der Waals surface area contributed by atoms with Crippen molar-refractivity contribution in [3.05, 3.63) is 44.5 Å². The van der Waals surface area contributed by atoms with E-state index in [1.807, 2.05) is 0 Å². The first-order valence-electron chi connectivity index (χ1n) is 5.74. The van der Waals surface area contributed by atoms with Crippen molar-refractivity contribution < 1.29 is 13.7 Å². The number of hydrogen-bond acceptors (Lipinski definition) is 5. The van der Waals surface area contributed by atoms with Gasteiger partial charge in [-0.25, -0.2) is 9.37 Å². The number of benzene rings is 1. The van der Waals surface area contributed by atoms with Crippen molar-refractivity contribution in [1.29, 1.82) is 0 Å². The first-order valence-corrected chi connectivity index (χ1v) is 6.56. The van der Waals surface area contributed by atoms with Crippen LogP contribution in [-0.2, 0) is 6.42 Å². The zero-order valence-corrected chi connectivity index (χ0v) is 11.3. The van der Waals surface area contributed by atoms with E-state index in [1.54, 1.807) is 6.92 Å². The van der Waals surface area contributed by atoms with Gasteiger partial charge in [0, 0.05) is 10.9 Å². The van der Waals surface area contributed by atoms with E-state index in [9.17, 15) is 18.9 Å². The third kappa shape index (κ3) is 2.52. The van der Waals surface area contributed by atoms with E-state index in [0.29, 0.717) is 18.7 Å². The Morgan fingerprint density at radius 2 is 2.15 bits per heavy atom. The van der Waals surface area contributed by atoms with E-state index >= 15 is 0 Å². The fourth-order valence-electron chi connectivity index (χ4n) is 1.78. The summed E-state index contributed by atoms with van der Waals surface area (Å²) in [6, 6.07) is 1.67.